The number of aliphatic carboxylic acids is 1. The van der Waals surface area contributed by atoms with Crippen molar-refractivity contribution in [1.82, 2.24) is 5.32 Å². The predicted molar refractivity (Wildman–Crippen MR) is 76.8 cm³/mol. The van der Waals surface area contributed by atoms with E-state index in [4.69, 9.17) is 5.11 Å². The summed E-state index contributed by atoms with van der Waals surface area (Å²) in [4.78, 5) is 13.3. The first-order valence-corrected chi connectivity index (χ1v) is 6.77. The van der Waals surface area contributed by atoms with Crippen molar-refractivity contribution in [2.24, 2.45) is 0 Å². The lowest BCUT2D eigenvalue weighted by Crippen LogP contribution is -2.56. The van der Waals surface area contributed by atoms with Gasteiger partial charge in [-0.1, -0.05) is 12.1 Å². The third kappa shape index (κ3) is 3.07. The number of rotatable bonds is 3. The zero-order valence-electron chi connectivity index (χ0n) is 11.8. The lowest BCUT2D eigenvalue weighted by Gasteiger charge is -2.41. The summed E-state index contributed by atoms with van der Waals surface area (Å²) in [5, 5.41) is 12.4. The number of carboxylic acid groups (broad SMARTS) is 1. The maximum Gasteiger partial charge on any atom is 0.305 e. The fourth-order valence-electron chi connectivity index (χ4n) is 2.68. The Kier molecular flexibility index (Phi) is 4.10. The molecular formula is C15H22N2O2. The average molecular weight is 262 g/mol. The van der Waals surface area contributed by atoms with E-state index < -0.39 is 5.97 Å². The Balaban J connectivity index is 2.31. The molecular weight excluding hydrogens is 240 g/mol. The van der Waals surface area contributed by atoms with E-state index in [0.29, 0.717) is 6.04 Å². The van der Waals surface area contributed by atoms with E-state index in [1.807, 2.05) is 6.07 Å². The Morgan fingerprint density at radius 3 is 2.89 bits per heavy atom. The number of hydrogen-bond acceptors (Lipinski definition) is 3. The van der Waals surface area contributed by atoms with Crippen LogP contribution >= 0.6 is 0 Å². The van der Waals surface area contributed by atoms with Gasteiger partial charge in [-0.15, -0.1) is 0 Å². The third-order valence-corrected chi connectivity index (χ3v) is 3.91. The molecule has 0 radical (unpaired) electrons. The number of piperazine rings is 1. The summed E-state index contributed by atoms with van der Waals surface area (Å²) < 4.78 is 0. The van der Waals surface area contributed by atoms with Gasteiger partial charge in [-0.3, -0.25) is 4.79 Å². The summed E-state index contributed by atoms with van der Waals surface area (Å²) in [5.41, 5.74) is 3.66. The van der Waals surface area contributed by atoms with Crippen LogP contribution in [0.5, 0.6) is 0 Å². The van der Waals surface area contributed by atoms with Gasteiger partial charge in [-0.05, 0) is 38.0 Å². The molecule has 1 heterocycles. The van der Waals surface area contributed by atoms with Gasteiger partial charge in [0.25, 0.3) is 0 Å². The lowest BCUT2D eigenvalue weighted by molar-refractivity contribution is -0.137. The minimum absolute atomic E-state index is 0.0224. The van der Waals surface area contributed by atoms with Gasteiger partial charge >= 0.3 is 5.97 Å². The number of nitrogens with zero attached hydrogens (tertiary/aromatic N) is 1. The van der Waals surface area contributed by atoms with Crippen LogP contribution in [0.15, 0.2) is 18.2 Å². The topological polar surface area (TPSA) is 52.6 Å². The number of carbonyl (C=O) groups is 1. The molecule has 2 rings (SSSR count). The maximum absolute atomic E-state index is 11.0. The van der Waals surface area contributed by atoms with Crippen LogP contribution in [0, 0.1) is 13.8 Å². The molecule has 1 aliphatic heterocycles. The standard InChI is InChI=1S/C15H22N2O2/c1-10-5-4-6-14(12(10)3)17-9-11(2)16-8-13(17)7-15(18)19/h4-6,11,13,16H,7-9H2,1-3H3,(H,18,19). The molecule has 19 heavy (non-hydrogen) atoms. The highest BCUT2D eigenvalue weighted by Gasteiger charge is 2.28. The molecule has 2 atom stereocenters. The fraction of sp³-hybridized carbons (Fsp3) is 0.533. The molecule has 4 heteroatoms. The van der Waals surface area contributed by atoms with E-state index in [1.165, 1.54) is 16.8 Å². The van der Waals surface area contributed by atoms with Gasteiger partial charge in [0.05, 0.1) is 12.5 Å². The van der Waals surface area contributed by atoms with Gasteiger partial charge in [0.15, 0.2) is 0 Å². The Morgan fingerprint density at radius 1 is 1.47 bits per heavy atom. The Bertz CT molecular complexity index is 473. The molecule has 0 amide bonds. The number of hydrogen-bond donors (Lipinski definition) is 2. The monoisotopic (exact) mass is 262 g/mol. The van der Waals surface area contributed by atoms with Gasteiger partial charge in [-0.2, -0.15) is 0 Å². The molecule has 0 aliphatic carbocycles. The molecule has 1 saturated heterocycles. The lowest BCUT2D eigenvalue weighted by atomic mass is 10.0. The number of carboxylic acids is 1. The largest absolute Gasteiger partial charge is 0.481 e. The van der Waals surface area contributed by atoms with Crippen molar-refractivity contribution >= 4 is 11.7 Å². The zero-order valence-corrected chi connectivity index (χ0v) is 11.8. The molecule has 0 bridgehead atoms. The minimum Gasteiger partial charge on any atom is -0.481 e. The molecule has 0 spiro atoms. The zero-order chi connectivity index (χ0) is 14.0. The number of nitrogens with one attached hydrogen (secondary N) is 1. The molecule has 1 aliphatic rings. The van der Waals surface area contributed by atoms with Crippen molar-refractivity contribution in [2.45, 2.75) is 39.3 Å². The minimum atomic E-state index is -0.739. The van der Waals surface area contributed by atoms with E-state index in [9.17, 15) is 4.79 Å². The van der Waals surface area contributed by atoms with Crippen molar-refractivity contribution < 1.29 is 9.90 Å². The Hall–Kier alpha value is -1.55. The molecule has 1 aromatic carbocycles. The second kappa shape index (κ2) is 5.61. The summed E-state index contributed by atoms with van der Waals surface area (Å²) in [6.45, 7) is 7.91. The van der Waals surface area contributed by atoms with Crippen molar-refractivity contribution in [2.75, 3.05) is 18.0 Å². The summed E-state index contributed by atoms with van der Waals surface area (Å²) >= 11 is 0. The van der Waals surface area contributed by atoms with E-state index >= 15 is 0 Å². The molecule has 2 N–H and O–H groups in total. The van der Waals surface area contributed by atoms with E-state index in [2.05, 4.69) is 43.1 Å². The SMILES string of the molecule is Cc1cccc(N2CC(C)NCC2CC(=O)O)c1C. The van der Waals surface area contributed by atoms with Gasteiger partial charge < -0.3 is 15.3 Å². The first-order valence-electron chi connectivity index (χ1n) is 6.77. The molecule has 104 valence electrons. The molecule has 4 nitrogen and oxygen atoms in total. The number of aryl methyl sites for hydroxylation is 1. The quantitative estimate of drug-likeness (QED) is 0.874. The Labute approximate surface area is 114 Å². The van der Waals surface area contributed by atoms with Crippen molar-refractivity contribution in [3.63, 3.8) is 0 Å². The van der Waals surface area contributed by atoms with Crippen LogP contribution in [0.1, 0.15) is 24.5 Å². The first kappa shape index (κ1) is 13.9. The normalized spacial score (nSPS) is 23.4. The fourth-order valence-corrected chi connectivity index (χ4v) is 2.68. The van der Waals surface area contributed by atoms with Crippen molar-refractivity contribution in [3.8, 4) is 0 Å². The smallest absolute Gasteiger partial charge is 0.305 e. The molecule has 1 fully saturated rings. The highest BCUT2D eigenvalue weighted by molar-refractivity contribution is 5.69. The second-order valence-corrected chi connectivity index (χ2v) is 5.43. The number of benzene rings is 1. The summed E-state index contributed by atoms with van der Waals surface area (Å²) in [6.07, 6.45) is 0.174. The van der Waals surface area contributed by atoms with E-state index in [-0.39, 0.29) is 12.5 Å². The molecule has 0 saturated carbocycles. The van der Waals surface area contributed by atoms with Gasteiger partial charge in [0.1, 0.15) is 0 Å². The highest BCUT2D eigenvalue weighted by Crippen LogP contribution is 2.27. The van der Waals surface area contributed by atoms with Crippen LogP contribution in [0.3, 0.4) is 0 Å². The average Bonchev–Trinajstić information content (AvgIpc) is 2.35. The van der Waals surface area contributed by atoms with Crippen LogP contribution < -0.4 is 10.2 Å². The van der Waals surface area contributed by atoms with E-state index in [1.54, 1.807) is 0 Å². The maximum atomic E-state index is 11.0. The van der Waals surface area contributed by atoms with Crippen LogP contribution in [0.4, 0.5) is 5.69 Å². The second-order valence-electron chi connectivity index (χ2n) is 5.43. The highest BCUT2D eigenvalue weighted by atomic mass is 16.4. The van der Waals surface area contributed by atoms with E-state index in [0.717, 1.165) is 13.1 Å². The van der Waals surface area contributed by atoms with Gasteiger partial charge in [0.2, 0.25) is 0 Å². The summed E-state index contributed by atoms with van der Waals surface area (Å²) in [7, 11) is 0. The van der Waals surface area contributed by atoms with Crippen LogP contribution in [-0.4, -0.2) is 36.2 Å². The van der Waals surface area contributed by atoms with Crippen LogP contribution in [0.2, 0.25) is 0 Å². The molecule has 1 aromatic rings. The Morgan fingerprint density at radius 2 is 2.21 bits per heavy atom. The predicted octanol–water partition coefficient (Wildman–Crippen LogP) is 1.94. The van der Waals surface area contributed by atoms with Crippen LogP contribution in [0.25, 0.3) is 0 Å². The van der Waals surface area contributed by atoms with Gasteiger partial charge in [-0.25, -0.2) is 0 Å². The van der Waals surface area contributed by atoms with Gasteiger partial charge in [0, 0.05) is 24.8 Å². The number of anilines is 1. The first-order chi connectivity index (χ1) is 8.99. The van der Waals surface area contributed by atoms with Crippen molar-refractivity contribution in [1.29, 1.82) is 0 Å². The summed E-state index contributed by atoms with van der Waals surface area (Å²) in [5.74, 6) is -0.739. The molecule has 0 aromatic heterocycles. The van der Waals surface area contributed by atoms with Crippen molar-refractivity contribution in [3.05, 3.63) is 29.3 Å². The molecule has 2 unspecified atom stereocenters. The van der Waals surface area contributed by atoms with Crippen LogP contribution in [-0.2, 0) is 4.79 Å². The summed E-state index contributed by atoms with van der Waals surface area (Å²) in [6, 6.07) is 6.63. The third-order valence-electron chi connectivity index (χ3n) is 3.91.